The van der Waals surface area contributed by atoms with Crippen LogP contribution in [0.4, 0.5) is 0 Å². The van der Waals surface area contributed by atoms with Crippen LogP contribution in [0.1, 0.15) is 51.8 Å². The number of tetrazole rings is 1. The molecule has 1 fully saturated rings. The highest BCUT2D eigenvalue weighted by Gasteiger charge is 2.30. The van der Waals surface area contributed by atoms with Crippen molar-refractivity contribution in [2.24, 2.45) is 5.41 Å². The molecule has 1 N–H and O–H groups in total. The zero-order chi connectivity index (χ0) is 12.1. The molecule has 17 heavy (non-hydrogen) atoms. The lowest BCUT2D eigenvalue weighted by atomic mass is 9.89. The van der Waals surface area contributed by atoms with E-state index in [4.69, 9.17) is 0 Å². The van der Waals surface area contributed by atoms with E-state index in [-0.39, 0.29) is 0 Å². The Labute approximate surface area is 103 Å². The molecule has 0 aliphatic heterocycles. The maximum absolute atomic E-state index is 4.12. The van der Waals surface area contributed by atoms with Crippen LogP contribution in [0.15, 0.2) is 0 Å². The van der Waals surface area contributed by atoms with Crippen molar-refractivity contribution in [3.05, 3.63) is 5.82 Å². The molecule has 5 heteroatoms. The third-order valence-corrected chi connectivity index (χ3v) is 3.66. The summed E-state index contributed by atoms with van der Waals surface area (Å²) < 4.78 is 1.98. The number of hydrogen-bond donors (Lipinski definition) is 1. The molecular formula is C12H23N5. The van der Waals surface area contributed by atoms with Gasteiger partial charge in [0.05, 0.1) is 13.1 Å². The van der Waals surface area contributed by atoms with E-state index in [1.807, 2.05) is 4.68 Å². The molecule has 1 aromatic rings. The van der Waals surface area contributed by atoms with E-state index in [1.165, 1.54) is 25.7 Å². The van der Waals surface area contributed by atoms with Gasteiger partial charge in [-0.05, 0) is 41.6 Å². The second-order valence-corrected chi connectivity index (χ2v) is 5.45. The van der Waals surface area contributed by atoms with Gasteiger partial charge >= 0.3 is 0 Å². The van der Waals surface area contributed by atoms with Gasteiger partial charge in [-0.2, -0.15) is 0 Å². The van der Waals surface area contributed by atoms with Gasteiger partial charge in [0.25, 0.3) is 0 Å². The van der Waals surface area contributed by atoms with Gasteiger partial charge in [0.15, 0.2) is 5.82 Å². The summed E-state index contributed by atoms with van der Waals surface area (Å²) in [5, 5.41) is 15.4. The molecule has 0 saturated heterocycles. The summed E-state index contributed by atoms with van der Waals surface area (Å²) >= 11 is 0. The summed E-state index contributed by atoms with van der Waals surface area (Å²) in [4.78, 5) is 0. The van der Waals surface area contributed by atoms with Gasteiger partial charge in [-0.3, -0.25) is 0 Å². The first-order valence-corrected chi connectivity index (χ1v) is 6.69. The smallest absolute Gasteiger partial charge is 0.165 e. The first kappa shape index (κ1) is 12.5. The lowest BCUT2D eigenvalue weighted by molar-refractivity contribution is 0.260. The van der Waals surface area contributed by atoms with Gasteiger partial charge < -0.3 is 5.32 Å². The SMILES string of the molecule is CCCNCc1nnnn1CC1(C)CCCC1. The van der Waals surface area contributed by atoms with E-state index in [9.17, 15) is 0 Å². The highest BCUT2D eigenvalue weighted by atomic mass is 15.5. The summed E-state index contributed by atoms with van der Waals surface area (Å²) in [6.45, 7) is 7.27. The monoisotopic (exact) mass is 237 g/mol. The minimum Gasteiger partial charge on any atom is -0.310 e. The molecule has 1 aromatic heterocycles. The zero-order valence-corrected chi connectivity index (χ0v) is 10.9. The number of rotatable bonds is 6. The minimum absolute atomic E-state index is 0.398. The fourth-order valence-electron chi connectivity index (χ4n) is 2.60. The second-order valence-electron chi connectivity index (χ2n) is 5.45. The molecule has 0 spiro atoms. The molecule has 0 bridgehead atoms. The van der Waals surface area contributed by atoms with Crippen LogP contribution in [0, 0.1) is 5.41 Å². The van der Waals surface area contributed by atoms with E-state index >= 15 is 0 Å². The van der Waals surface area contributed by atoms with Gasteiger partial charge in [-0.1, -0.05) is 26.7 Å². The molecule has 96 valence electrons. The molecule has 2 rings (SSSR count). The second kappa shape index (κ2) is 5.58. The van der Waals surface area contributed by atoms with Crippen molar-refractivity contribution in [1.29, 1.82) is 0 Å². The molecular weight excluding hydrogens is 214 g/mol. The number of nitrogens with one attached hydrogen (secondary N) is 1. The molecule has 0 aromatic carbocycles. The van der Waals surface area contributed by atoms with Crippen LogP contribution in [-0.4, -0.2) is 26.8 Å². The summed E-state index contributed by atoms with van der Waals surface area (Å²) in [6.07, 6.45) is 6.44. The van der Waals surface area contributed by atoms with Crippen molar-refractivity contribution >= 4 is 0 Å². The van der Waals surface area contributed by atoms with Gasteiger partial charge in [-0.15, -0.1) is 5.10 Å². The maximum atomic E-state index is 4.12. The normalized spacial score (nSPS) is 18.7. The van der Waals surface area contributed by atoms with Crippen molar-refractivity contribution < 1.29 is 0 Å². The molecule has 1 heterocycles. The van der Waals surface area contributed by atoms with Gasteiger partial charge in [0.1, 0.15) is 0 Å². The first-order valence-electron chi connectivity index (χ1n) is 6.69. The number of nitrogens with zero attached hydrogens (tertiary/aromatic N) is 4. The minimum atomic E-state index is 0.398. The maximum Gasteiger partial charge on any atom is 0.165 e. The van der Waals surface area contributed by atoms with Crippen molar-refractivity contribution in [2.45, 2.75) is 59.0 Å². The summed E-state index contributed by atoms with van der Waals surface area (Å²) in [5.41, 5.74) is 0.398. The molecule has 5 nitrogen and oxygen atoms in total. The Balaban J connectivity index is 1.93. The van der Waals surface area contributed by atoms with Crippen molar-refractivity contribution in [1.82, 2.24) is 25.5 Å². The van der Waals surface area contributed by atoms with Crippen LogP contribution < -0.4 is 5.32 Å². The van der Waals surface area contributed by atoms with Gasteiger partial charge in [-0.25, -0.2) is 4.68 Å². The lowest BCUT2D eigenvalue weighted by Gasteiger charge is -2.23. The number of aromatic nitrogens is 4. The predicted octanol–water partition coefficient (Wildman–Crippen LogP) is 1.75. The molecule has 1 aliphatic rings. The average Bonchev–Trinajstić information content (AvgIpc) is 2.90. The Morgan fingerprint density at radius 1 is 1.35 bits per heavy atom. The summed E-state index contributed by atoms with van der Waals surface area (Å²) in [5.74, 6) is 0.964. The summed E-state index contributed by atoms with van der Waals surface area (Å²) in [7, 11) is 0. The van der Waals surface area contributed by atoms with Crippen LogP contribution >= 0.6 is 0 Å². The van der Waals surface area contributed by atoms with E-state index in [0.29, 0.717) is 5.41 Å². The van der Waals surface area contributed by atoms with Crippen molar-refractivity contribution in [3.63, 3.8) is 0 Å². The third kappa shape index (κ3) is 3.25. The fourth-order valence-corrected chi connectivity index (χ4v) is 2.60. The first-order chi connectivity index (χ1) is 8.23. The molecule has 0 unspecified atom stereocenters. The molecule has 1 saturated carbocycles. The molecule has 0 atom stereocenters. The Hall–Kier alpha value is -0.970. The predicted molar refractivity (Wildman–Crippen MR) is 66.4 cm³/mol. The van der Waals surface area contributed by atoms with Crippen LogP contribution in [0.2, 0.25) is 0 Å². The molecule has 0 amide bonds. The van der Waals surface area contributed by atoms with Crippen LogP contribution in [0.25, 0.3) is 0 Å². The van der Waals surface area contributed by atoms with Gasteiger partial charge in [0, 0.05) is 0 Å². The quantitative estimate of drug-likeness (QED) is 0.766. The Morgan fingerprint density at radius 2 is 2.12 bits per heavy atom. The highest BCUT2D eigenvalue weighted by molar-refractivity contribution is 4.86. The third-order valence-electron chi connectivity index (χ3n) is 3.66. The zero-order valence-electron chi connectivity index (χ0n) is 10.9. The fraction of sp³-hybridized carbons (Fsp3) is 0.917. The van der Waals surface area contributed by atoms with E-state index in [1.54, 1.807) is 0 Å². The topological polar surface area (TPSA) is 55.6 Å². The lowest BCUT2D eigenvalue weighted by Crippen LogP contribution is -2.24. The van der Waals surface area contributed by atoms with Crippen LogP contribution in [0.5, 0.6) is 0 Å². The Morgan fingerprint density at radius 3 is 2.82 bits per heavy atom. The Bertz CT molecular complexity index is 340. The van der Waals surface area contributed by atoms with E-state index in [0.717, 1.165) is 31.9 Å². The van der Waals surface area contributed by atoms with Crippen LogP contribution in [0.3, 0.4) is 0 Å². The van der Waals surface area contributed by atoms with E-state index < -0.39 is 0 Å². The standard InChI is InChI=1S/C12H23N5/c1-3-8-13-9-11-14-15-16-17(11)10-12(2)6-4-5-7-12/h13H,3-10H2,1-2H3. The molecule has 1 aliphatic carbocycles. The van der Waals surface area contributed by atoms with Crippen molar-refractivity contribution in [2.75, 3.05) is 6.54 Å². The van der Waals surface area contributed by atoms with Gasteiger partial charge in [0.2, 0.25) is 0 Å². The largest absolute Gasteiger partial charge is 0.310 e. The van der Waals surface area contributed by atoms with Crippen molar-refractivity contribution in [3.8, 4) is 0 Å². The van der Waals surface area contributed by atoms with E-state index in [2.05, 4.69) is 34.7 Å². The number of hydrogen-bond acceptors (Lipinski definition) is 4. The van der Waals surface area contributed by atoms with Crippen LogP contribution in [-0.2, 0) is 13.1 Å². The summed E-state index contributed by atoms with van der Waals surface area (Å²) in [6, 6.07) is 0. The molecule has 0 radical (unpaired) electrons. The Kier molecular flexibility index (Phi) is 4.10. The highest BCUT2D eigenvalue weighted by Crippen LogP contribution is 2.38. The average molecular weight is 237 g/mol.